The molecule has 0 fully saturated rings. The standard InChI is InChI=1S/C16H16O2/c1-12(16(17)18)5-4-6-13-9-10-14-7-2-3-8-15(14)11-13/h2-3,7-11H,1,4-6H2,(H,17,18). The summed E-state index contributed by atoms with van der Waals surface area (Å²) >= 11 is 0. The van der Waals surface area contributed by atoms with Crippen molar-refractivity contribution in [1.82, 2.24) is 0 Å². The predicted octanol–water partition coefficient (Wildman–Crippen LogP) is 3.80. The van der Waals surface area contributed by atoms with Gasteiger partial charge in [-0.15, -0.1) is 0 Å². The lowest BCUT2D eigenvalue weighted by atomic mass is 10.0. The molecule has 18 heavy (non-hydrogen) atoms. The van der Waals surface area contributed by atoms with Crippen molar-refractivity contribution in [2.24, 2.45) is 0 Å². The molecule has 0 radical (unpaired) electrons. The summed E-state index contributed by atoms with van der Waals surface area (Å²) < 4.78 is 0. The van der Waals surface area contributed by atoms with Gasteiger partial charge in [0.2, 0.25) is 0 Å². The van der Waals surface area contributed by atoms with Gasteiger partial charge in [-0.25, -0.2) is 4.79 Å². The van der Waals surface area contributed by atoms with Crippen LogP contribution in [-0.2, 0) is 11.2 Å². The van der Waals surface area contributed by atoms with E-state index in [1.54, 1.807) is 0 Å². The molecule has 2 rings (SSSR count). The number of carbonyl (C=O) groups is 1. The number of benzene rings is 2. The van der Waals surface area contributed by atoms with E-state index in [-0.39, 0.29) is 5.57 Å². The molecule has 0 aliphatic heterocycles. The Bertz CT molecular complexity index is 584. The van der Waals surface area contributed by atoms with Crippen LogP contribution in [0.3, 0.4) is 0 Å². The third kappa shape index (κ3) is 2.98. The lowest BCUT2D eigenvalue weighted by Crippen LogP contribution is -1.99. The smallest absolute Gasteiger partial charge is 0.330 e. The molecule has 0 spiro atoms. The molecule has 2 aromatic rings. The lowest BCUT2D eigenvalue weighted by molar-refractivity contribution is -0.132. The third-order valence-corrected chi connectivity index (χ3v) is 3.06. The normalized spacial score (nSPS) is 10.4. The van der Waals surface area contributed by atoms with E-state index in [9.17, 15) is 4.79 Å². The summed E-state index contributed by atoms with van der Waals surface area (Å²) in [6.45, 7) is 3.54. The molecule has 0 heterocycles. The molecule has 0 aliphatic rings. The fourth-order valence-corrected chi connectivity index (χ4v) is 2.01. The molecule has 2 nitrogen and oxygen atoms in total. The predicted molar refractivity (Wildman–Crippen MR) is 73.7 cm³/mol. The minimum absolute atomic E-state index is 0.288. The number of carboxylic acids is 1. The molecule has 0 aliphatic carbocycles. The Morgan fingerprint density at radius 3 is 2.56 bits per heavy atom. The van der Waals surface area contributed by atoms with Crippen molar-refractivity contribution in [3.05, 3.63) is 60.2 Å². The van der Waals surface area contributed by atoms with Crippen molar-refractivity contribution in [2.75, 3.05) is 0 Å². The highest BCUT2D eigenvalue weighted by atomic mass is 16.4. The van der Waals surface area contributed by atoms with Gasteiger partial charge in [-0.3, -0.25) is 0 Å². The maximum absolute atomic E-state index is 10.6. The average molecular weight is 240 g/mol. The van der Waals surface area contributed by atoms with Gasteiger partial charge in [0, 0.05) is 5.57 Å². The van der Waals surface area contributed by atoms with Crippen LogP contribution in [0.25, 0.3) is 10.8 Å². The van der Waals surface area contributed by atoms with E-state index in [0.717, 1.165) is 12.8 Å². The first-order valence-electron chi connectivity index (χ1n) is 6.05. The Morgan fingerprint density at radius 2 is 1.83 bits per heavy atom. The first-order chi connectivity index (χ1) is 8.66. The van der Waals surface area contributed by atoms with Crippen LogP contribution in [0.4, 0.5) is 0 Å². The maximum Gasteiger partial charge on any atom is 0.330 e. The van der Waals surface area contributed by atoms with E-state index in [1.165, 1.54) is 16.3 Å². The Morgan fingerprint density at radius 1 is 1.11 bits per heavy atom. The number of fused-ring (bicyclic) bond motifs is 1. The highest BCUT2D eigenvalue weighted by Gasteiger charge is 2.03. The quantitative estimate of drug-likeness (QED) is 0.807. The Hall–Kier alpha value is -2.09. The van der Waals surface area contributed by atoms with Gasteiger partial charge >= 0.3 is 5.97 Å². The molecule has 2 heteroatoms. The molecule has 0 saturated carbocycles. The largest absolute Gasteiger partial charge is 0.478 e. The molecule has 0 bridgehead atoms. The minimum atomic E-state index is -0.895. The van der Waals surface area contributed by atoms with Crippen LogP contribution < -0.4 is 0 Å². The molecule has 92 valence electrons. The highest BCUT2D eigenvalue weighted by Crippen LogP contribution is 2.17. The van der Waals surface area contributed by atoms with E-state index in [0.29, 0.717) is 6.42 Å². The number of hydrogen-bond donors (Lipinski definition) is 1. The van der Waals surface area contributed by atoms with Crippen LogP contribution in [0.5, 0.6) is 0 Å². The summed E-state index contributed by atoms with van der Waals surface area (Å²) in [5.41, 5.74) is 1.53. The zero-order chi connectivity index (χ0) is 13.0. The lowest BCUT2D eigenvalue weighted by Gasteiger charge is -2.04. The van der Waals surface area contributed by atoms with Crippen molar-refractivity contribution in [1.29, 1.82) is 0 Å². The maximum atomic E-state index is 10.6. The Labute approximate surface area is 107 Å². The van der Waals surface area contributed by atoms with Gasteiger partial charge in [0.1, 0.15) is 0 Å². The van der Waals surface area contributed by atoms with Crippen molar-refractivity contribution in [2.45, 2.75) is 19.3 Å². The van der Waals surface area contributed by atoms with E-state index in [1.807, 2.05) is 12.1 Å². The van der Waals surface area contributed by atoms with E-state index < -0.39 is 5.97 Å². The van der Waals surface area contributed by atoms with Gasteiger partial charge in [0.15, 0.2) is 0 Å². The molecule has 0 unspecified atom stereocenters. The second-order valence-electron chi connectivity index (χ2n) is 4.44. The van der Waals surface area contributed by atoms with Crippen molar-refractivity contribution in [3.8, 4) is 0 Å². The number of aliphatic carboxylic acids is 1. The zero-order valence-electron chi connectivity index (χ0n) is 10.2. The molecule has 0 atom stereocenters. The topological polar surface area (TPSA) is 37.3 Å². The average Bonchev–Trinajstić information content (AvgIpc) is 2.38. The first kappa shape index (κ1) is 12.4. The van der Waals surface area contributed by atoms with Crippen LogP contribution in [0.1, 0.15) is 18.4 Å². The number of carboxylic acid groups (broad SMARTS) is 1. The number of hydrogen-bond acceptors (Lipinski definition) is 1. The molecule has 0 saturated heterocycles. The summed E-state index contributed by atoms with van der Waals surface area (Å²) in [5, 5.41) is 11.2. The van der Waals surface area contributed by atoms with Gasteiger partial charge in [0.05, 0.1) is 0 Å². The molecular weight excluding hydrogens is 224 g/mol. The summed E-state index contributed by atoms with van der Waals surface area (Å²) in [5.74, 6) is -0.895. The fraction of sp³-hybridized carbons (Fsp3) is 0.188. The number of rotatable bonds is 5. The SMILES string of the molecule is C=C(CCCc1ccc2ccccc2c1)C(=O)O. The van der Waals surface area contributed by atoms with Crippen LogP contribution >= 0.6 is 0 Å². The Kier molecular flexibility index (Phi) is 3.78. The van der Waals surface area contributed by atoms with E-state index >= 15 is 0 Å². The summed E-state index contributed by atoms with van der Waals surface area (Å²) in [4.78, 5) is 10.6. The summed E-state index contributed by atoms with van der Waals surface area (Å²) in [6, 6.07) is 14.6. The fourth-order valence-electron chi connectivity index (χ4n) is 2.01. The van der Waals surface area contributed by atoms with Gasteiger partial charge in [-0.05, 0) is 35.6 Å². The van der Waals surface area contributed by atoms with Crippen LogP contribution in [0, 0.1) is 0 Å². The van der Waals surface area contributed by atoms with Crippen molar-refractivity contribution >= 4 is 16.7 Å². The third-order valence-electron chi connectivity index (χ3n) is 3.06. The van der Waals surface area contributed by atoms with Gasteiger partial charge in [0.25, 0.3) is 0 Å². The Balaban J connectivity index is 2.00. The zero-order valence-corrected chi connectivity index (χ0v) is 10.2. The van der Waals surface area contributed by atoms with Crippen LogP contribution in [0.15, 0.2) is 54.6 Å². The second-order valence-corrected chi connectivity index (χ2v) is 4.44. The van der Waals surface area contributed by atoms with Crippen molar-refractivity contribution in [3.63, 3.8) is 0 Å². The van der Waals surface area contributed by atoms with Crippen LogP contribution in [-0.4, -0.2) is 11.1 Å². The molecule has 0 aromatic heterocycles. The van der Waals surface area contributed by atoms with Crippen LogP contribution in [0.2, 0.25) is 0 Å². The highest BCUT2D eigenvalue weighted by molar-refractivity contribution is 5.85. The summed E-state index contributed by atoms with van der Waals surface area (Å²) in [7, 11) is 0. The molecule has 1 N–H and O–H groups in total. The monoisotopic (exact) mass is 240 g/mol. The second kappa shape index (κ2) is 5.50. The number of aryl methyl sites for hydroxylation is 1. The molecule has 2 aromatic carbocycles. The van der Waals surface area contributed by atoms with E-state index in [2.05, 4.69) is 36.9 Å². The molecule has 0 amide bonds. The van der Waals surface area contributed by atoms with Gasteiger partial charge < -0.3 is 5.11 Å². The van der Waals surface area contributed by atoms with E-state index in [4.69, 9.17) is 5.11 Å². The van der Waals surface area contributed by atoms with Gasteiger partial charge in [-0.2, -0.15) is 0 Å². The first-order valence-corrected chi connectivity index (χ1v) is 6.05. The minimum Gasteiger partial charge on any atom is -0.478 e. The summed E-state index contributed by atoms with van der Waals surface area (Å²) in [6.07, 6.45) is 2.25. The van der Waals surface area contributed by atoms with Gasteiger partial charge in [-0.1, -0.05) is 49.0 Å². The molecular formula is C16H16O2. The van der Waals surface area contributed by atoms with Crippen molar-refractivity contribution < 1.29 is 9.90 Å².